The first-order valence-corrected chi connectivity index (χ1v) is 10.2. The minimum atomic E-state index is -0.410. The van der Waals surface area contributed by atoms with Gasteiger partial charge in [-0.3, -0.25) is 4.79 Å². The monoisotopic (exact) mass is 379 g/mol. The number of carbonyl (C=O) groups excluding carboxylic acids is 1. The number of benzene rings is 2. The molecule has 0 saturated heterocycles. The number of anilines is 1. The Morgan fingerprint density at radius 3 is 2.67 bits per heavy atom. The highest BCUT2D eigenvalue weighted by atomic mass is 32.2. The summed E-state index contributed by atoms with van der Waals surface area (Å²) in [6, 6.07) is 17.6. The molecule has 2 aromatic carbocycles. The molecule has 1 atom stereocenters. The van der Waals surface area contributed by atoms with Gasteiger partial charge in [0.1, 0.15) is 5.25 Å². The maximum absolute atomic E-state index is 12.7. The number of carbonyl (C=O) groups is 1. The molecule has 140 valence electrons. The van der Waals surface area contributed by atoms with Crippen molar-refractivity contribution < 1.29 is 4.79 Å². The number of unbranched alkanes of at least 4 members (excludes halogenated alkanes) is 2. The number of imidazole rings is 1. The van der Waals surface area contributed by atoms with E-state index in [1.165, 1.54) is 24.6 Å². The van der Waals surface area contributed by atoms with E-state index in [0.717, 1.165) is 34.8 Å². The highest BCUT2D eigenvalue weighted by Gasteiger charge is 2.21. The summed E-state index contributed by atoms with van der Waals surface area (Å²) in [5.41, 5.74) is 2.86. The van der Waals surface area contributed by atoms with Crippen molar-refractivity contribution in [3.63, 3.8) is 0 Å². The molecular weight excluding hydrogens is 354 g/mol. The average molecular weight is 380 g/mol. The topological polar surface area (TPSA) is 46.9 Å². The van der Waals surface area contributed by atoms with Crippen molar-refractivity contribution in [3.8, 4) is 0 Å². The summed E-state index contributed by atoms with van der Waals surface area (Å²) in [4.78, 5) is 17.5. The lowest BCUT2D eigenvalue weighted by atomic mass is 10.2. The predicted molar refractivity (Wildman–Crippen MR) is 114 cm³/mol. The molecule has 1 aromatic heterocycles. The van der Waals surface area contributed by atoms with Crippen LogP contribution in [0.2, 0.25) is 0 Å². The number of aryl methyl sites for hydroxylation is 1. The van der Waals surface area contributed by atoms with Gasteiger partial charge in [-0.15, -0.1) is 6.58 Å². The third-order valence-electron chi connectivity index (χ3n) is 4.35. The number of aromatic nitrogens is 2. The third-order valence-corrected chi connectivity index (χ3v) is 5.53. The second-order valence-corrected chi connectivity index (χ2v) is 7.48. The van der Waals surface area contributed by atoms with E-state index in [9.17, 15) is 4.79 Å². The molecule has 1 unspecified atom stereocenters. The van der Waals surface area contributed by atoms with Crippen molar-refractivity contribution in [2.24, 2.45) is 0 Å². The van der Waals surface area contributed by atoms with E-state index in [1.54, 1.807) is 6.08 Å². The Hall–Kier alpha value is -2.53. The van der Waals surface area contributed by atoms with E-state index in [1.807, 2.05) is 48.5 Å². The van der Waals surface area contributed by atoms with Gasteiger partial charge in [-0.1, -0.05) is 67.9 Å². The molecule has 3 aromatic rings. The first kappa shape index (κ1) is 19.2. The molecule has 0 aliphatic heterocycles. The molecule has 27 heavy (non-hydrogen) atoms. The Morgan fingerprint density at radius 2 is 1.93 bits per heavy atom. The molecular formula is C22H25N3OS. The Balaban J connectivity index is 1.81. The van der Waals surface area contributed by atoms with Crippen LogP contribution >= 0.6 is 11.8 Å². The number of para-hydroxylation sites is 3. The number of fused-ring (bicyclic) bond motifs is 1. The molecule has 5 heteroatoms. The van der Waals surface area contributed by atoms with Gasteiger partial charge in [0, 0.05) is 12.2 Å². The lowest BCUT2D eigenvalue weighted by molar-refractivity contribution is -0.115. The van der Waals surface area contributed by atoms with Gasteiger partial charge in [0.05, 0.1) is 11.0 Å². The predicted octanol–water partition coefficient (Wildman–Crippen LogP) is 5.51. The second kappa shape index (κ2) is 9.42. The molecule has 0 aliphatic rings. The second-order valence-electron chi connectivity index (χ2n) is 6.37. The minimum absolute atomic E-state index is 0.0895. The van der Waals surface area contributed by atoms with Crippen LogP contribution in [0.4, 0.5) is 5.69 Å². The van der Waals surface area contributed by atoms with E-state index in [2.05, 4.69) is 29.5 Å². The summed E-state index contributed by atoms with van der Waals surface area (Å²) in [6.07, 6.45) is 5.12. The van der Waals surface area contributed by atoms with Crippen molar-refractivity contribution in [2.75, 3.05) is 5.32 Å². The third kappa shape index (κ3) is 4.80. The van der Waals surface area contributed by atoms with Crippen molar-refractivity contribution in [3.05, 3.63) is 67.3 Å². The number of thioether (sulfide) groups is 1. The van der Waals surface area contributed by atoms with Crippen LogP contribution in [0.25, 0.3) is 11.0 Å². The largest absolute Gasteiger partial charge is 0.325 e. The lowest BCUT2D eigenvalue weighted by Crippen LogP contribution is -2.23. The van der Waals surface area contributed by atoms with Gasteiger partial charge in [0.15, 0.2) is 5.16 Å². The van der Waals surface area contributed by atoms with E-state index in [-0.39, 0.29) is 5.91 Å². The number of nitrogens with zero attached hydrogens (tertiary/aromatic N) is 2. The lowest BCUT2D eigenvalue weighted by Gasteiger charge is -2.14. The van der Waals surface area contributed by atoms with Crippen molar-refractivity contribution >= 4 is 34.4 Å². The zero-order valence-corrected chi connectivity index (χ0v) is 16.4. The number of hydrogen-bond donors (Lipinski definition) is 1. The molecule has 0 radical (unpaired) electrons. The molecule has 1 heterocycles. The maximum Gasteiger partial charge on any atom is 0.241 e. The van der Waals surface area contributed by atoms with Crippen LogP contribution in [0.1, 0.15) is 26.2 Å². The smallest absolute Gasteiger partial charge is 0.241 e. The molecule has 0 aliphatic carbocycles. The van der Waals surface area contributed by atoms with Crippen LogP contribution in [0.5, 0.6) is 0 Å². The summed E-state index contributed by atoms with van der Waals surface area (Å²) < 4.78 is 2.22. The summed E-state index contributed by atoms with van der Waals surface area (Å²) in [7, 11) is 0. The van der Waals surface area contributed by atoms with Gasteiger partial charge in [-0.2, -0.15) is 0 Å². The van der Waals surface area contributed by atoms with Crippen molar-refractivity contribution in [1.29, 1.82) is 0 Å². The maximum atomic E-state index is 12.7. The fourth-order valence-corrected chi connectivity index (χ4v) is 3.89. The zero-order chi connectivity index (χ0) is 19.1. The zero-order valence-electron chi connectivity index (χ0n) is 15.6. The molecule has 1 amide bonds. The van der Waals surface area contributed by atoms with Crippen LogP contribution in [0, 0.1) is 0 Å². The summed E-state index contributed by atoms with van der Waals surface area (Å²) >= 11 is 1.45. The Kier molecular flexibility index (Phi) is 6.71. The van der Waals surface area contributed by atoms with Gasteiger partial charge in [-0.25, -0.2) is 4.98 Å². The minimum Gasteiger partial charge on any atom is -0.325 e. The first-order chi connectivity index (χ1) is 13.2. The van der Waals surface area contributed by atoms with Gasteiger partial charge in [0.2, 0.25) is 5.91 Å². The van der Waals surface area contributed by atoms with Crippen molar-refractivity contribution in [2.45, 2.75) is 43.1 Å². The fraction of sp³-hybridized carbons (Fsp3) is 0.273. The van der Waals surface area contributed by atoms with Gasteiger partial charge in [-0.05, 0) is 30.7 Å². The Morgan fingerprint density at radius 1 is 1.19 bits per heavy atom. The van der Waals surface area contributed by atoms with Crippen LogP contribution in [0.15, 0.2) is 72.4 Å². The van der Waals surface area contributed by atoms with Crippen LogP contribution < -0.4 is 5.32 Å². The van der Waals surface area contributed by atoms with E-state index >= 15 is 0 Å². The van der Waals surface area contributed by atoms with Crippen LogP contribution in [-0.4, -0.2) is 20.7 Å². The number of nitrogens with one attached hydrogen (secondary N) is 1. The van der Waals surface area contributed by atoms with Gasteiger partial charge < -0.3 is 9.88 Å². The number of hydrogen-bond acceptors (Lipinski definition) is 3. The Bertz CT molecular complexity index is 904. The summed E-state index contributed by atoms with van der Waals surface area (Å²) in [6.45, 7) is 6.96. The van der Waals surface area contributed by atoms with E-state index < -0.39 is 5.25 Å². The van der Waals surface area contributed by atoms with Gasteiger partial charge in [0.25, 0.3) is 0 Å². The highest BCUT2D eigenvalue weighted by Crippen LogP contribution is 2.29. The number of amides is 1. The fourth-order valence-electron chi connectivity index (χ4n) is 2.94. The molecule has 4 nitrogen and oxygen atoms in total. The normalized spacial score (nSPS) is 12.0. The van der Waals surface area contributed by atoms with Crippen LogP contribution in [-0.2, 0) is 11.3 Å². The standard InChI is InChI=1S/C22H25N3OS/c1-3-5-11-16-25-19-15-10-9-14-18(19)24-22(25)27-20(4-2)21(26)23-17-12-7-6-8-13-17/h4,6-10,12-15,20H,2-3,5,11,16H2,1H3,(H,23,26). The van der Waals surface area contributed by atoms with Crippen molar-refractivity contribution in [1.82, 2.24) is 9.55 Å². The van der Waals surface area contributed by atoms with Gasteiger partial charge >= 0.3 is 0 Å². The molecule has 0 fully saturated rings. The molecule has 3 rings (SSSR count). The molecule has 1 N–H and O–H groups in total. The molecule has 0 spiro atoms. The SMILES string of the molecule is C=CC(Sc1nc2ccccc2n1CCCCC)C(=O)Nc1ccccc1. The summed E-state index contributed by atoms with van der Waals surface area (Å²) in [5, 5.41) is 3.40. The average Bonchev–Trinajstić information content (AvgIpc) is 3.04. The Labute approximate surface area is 164 Å². The number of rotatable bonds is 9. The molecule has 0 bridgehead atoms. The quantitative estimate of drug-likeness (QED) is 0.303. The van der Waals surface area contributed by atoms with E-state index in [0.29, 0.717) is 0 Å². The first-order valence-electron chi connectivity index (χ1n) is 9.33. The van der Waals surface area contributed by atoms with E-state index in [4.69, 9.17) is 4.98 Å². The summed E-state index contributed by atoms with van der Waals surface area (Å²) in [5.74, 6) is -0.0895. The highest BCUT2D eigenvalue weighted by molar-refractivity contribution is 8.00. The van der Waals surface area contributed by atoms with Crippen LogP contribution in [0.3, 0.4) is 0 Å². The molecule has 0 saturated carbocycles.